The number of carbonyl (C=O) groups excluding carboxylic acids is 2. The third-order valence-electron chi connectivity index (χ3n) is 2.43. The van der Waals surface area contributed by atoms with Crippen LogP contribution in [0.1, 0.15) is 24.2 Å². The van der Waals surface area contributed by atoms with Crippen molar-refractivity contribution in [3.63, 3.8) is 0 Å². The van der Waals surface area contributed by atoms with Crippen molar-refractivity contribution in [3.8, 4) is 0 Å². The Hall–Kier alpha value is -1.59. The van der Waals surface area contributed by atoms with Gasteiger partial charge in [-0.1, -0.05) is 25.4 Å². The fraction of sp³-hybridized carbons (Fsp3) is 0.385. The van der Waals surface area contributed by atoms with Crippen LogP contribution in [0.2, 0.25) is 5.02 Å². The molecule has 0 bridgehead atoms. The molecular weight excluding hydrogens is 266 g/mol. The number of hydrogen-bond donors (Lipinski definition) is 3. The lowest BCUT2D eigenvalue weighted by Gasteiger charge is -2.10. The van der Waals surface area contributed by atoms with Crippen molar-refractivity contribution in [1.29, 1.82) is 0 Å². The van der Waals surface area contributed by atoms with Crippen LogP contribution >= 0.6 is 11.6 Å². The van der Waals surface area contributed by atoms with Crippen LogP contribution in [-0.4, -0.2) is 24.9 Å². The second kappa shape index (κ2) is 7.11. The second-order valence-electron chi connectivity index (χ2n) is 4.38. The predicted octanol–water partition coefficient (Wildman–Crippen LogP) is 1.62. The number of rotatable bonds is 5. The summed E-state index contributed by atoms with van der Waals surface area (Å²) in [5.74, 6) is -0.558. The van der Waals surface area contributed by atoms with E-state index >= 15 is 0 Å². The molecule has 19 heavy (non-hydrogen) atoms. The summed E-state index contributed by atoms with van der Waals surface area (Å²) in [4.78, 5) is 23.4. The molecule has 5 nitrogen and oxygen atoms in total. The number of nitrogens with one attached hydrogen (secondary N) is 2. The fourth-order valence-corrected chi connectivity index (χ4v) is 1.55. The number of carbonyl (C=O) groups is 2. The molecule has 1 aromatic rings. The summed E-state index contributed by atoms with van der Waals surface area (Å²) < 4.78 is 0. The molecule has 0 aliphatic rings. The molecule has 2 amide bonds. The summed E-state index contributed by atoms with van der Waals surface area (Å²) >= 11 is 5.96. The van der Waals surface area contributed by atoms with E-state index in [4.69, 9.17) is 17.3 Å². The van der Waals surface area contributed by atoms with Crippen LogP contribution in [0, 0.1) is 5.92 Å². The van der Waals surface area contributed by atoms with Gasteiger partial charge in [-0.05, 0) is 18.2 Å². The lowest BCUT2D eigenvalue weighted by atomic mass is 10.1. The lowest BCUT2D eigenvalue weighted by molar-refractivity contribution is -0.118. The van der Waals surface area contributed by atoms with Gasteiger partial charge in [0.2, 0.25) is 5.91 Å². The Morgan fingerprint density at radius 3 is 2.63 bits per heavy atom. The third-order valence-corrected chi connectivity index (χ3v) is 2.76. The minimum atomic E-state index is -0.309. The molecule has 104 valence electrons. The van der Waals surface area contributed by atoms with Gasteiger partial charge in [-0.3, -0.25) is 9.59 Å². The molecule has 0 atom stereocenters. The molecule has 0 aliphatic heterocycles. The highest BCUT2D eigenvalue weighted by Crippen LogP contribution is 2.21. The molecule has 0 unspecified atom stereocenters. The topological polar surface area (TPSA) is 84.2 Å². The van der Waals surface area contributed by atoms with Gasteiger partial charge in [0.1, 0.15) is 0 Å². The van der Waals surface area contributed by atoms with Gasteiger partial charge in [-0.25, -0.2) is 0 Å². The van der Waals surface area contributed by atoms with Crippen molar-refractivity contribution in [3.05, 3.63) is 28.8 Å². The Balaban J connectivity index is 2.88. The zero-order valence-corrected chi connectivity index (χ0v) is 11.8. The molecular formula is C13H18ClN3O2. The largest absolute Gasteiger partial charge is 0.351 e. The summed E-state index contributed by atoms with van der Waals surface area (Å²) in [7, 11) is 0. The van der Waals surface area contributed by atoms with E-state index in [0.717, 1.165) is 0 Å². The zero-order chi connectivity index (χ0) is 14.4. The summed E-state index contributed by atoms with van der Waals surface area (Å²) in [5, 5.41) is 5.68. The van der Waals surface area contributed by atoms with Gasteiger partial charge in [0.25, 0.3) is 5.91 Å². The van der Waals surface area contributed by atoms with E-state index in [1.165, 1.54) is 0 Å². The molecule has 1 aromatic carbocycles. The van der Waals surface area contributed by atoms with Crippen LogP contribution in [-0.2, 0) is 4.79 Å². The average molecular weight is 284 g/mol. The van der Waals surface area contributed by atoms with Gasteiger partial charge in [0.15, 0.2) is 0 Å². The first-order valence-corrected chi connectivity index (χ1v) is 6.42. The maximum Gasteiger partial charge on any atom is 0.252 e. The van der Waals surface area contributed by atoms with Crippen molar-refractivity contribution in [2.24, 2.45) is 11.7 Å². The molecule has 6 heteroatoms. The minimum absolute atomic E-state index is 0.115. The Bertz CT molecular complexity index is 475. The number of halogens is 1. The normalized spacial score (nSPS) is 10.4. The minimum Gasteiger partial charge on any atom is -0.351 e. The first-order valence-electron chi connectivity index (χ1n) is 6.04. The number of amides is 2. The monoisotopic (exact) mass is 283 g/mol. The maximum absolute atomic E-state index is 11.8. The first kappa shape index (κ1) is 15.5. The zero-order valence-electron chi connectivity index (χ0n) is 11.0. The molecule has 0 radical (unpaired) electrons. The lowest BCUT2D eigenvalue weighted by Crippen LogP contribution is -2.29. The van der Waals surface area contributed by atoms with Gasteiger partial charge in [0.05, 0.1) is 10.6 Å². The maximum atomic E-state index is 11.8. The highest BCUT2D eigenvalue weighted by Gasteiger charge is 2.13. The van der Waals surface area contributed by atoms with Crippen molar-refractivity contribution >= 4 is 29.1 Å². The fourth-order valence-electron chi connectivity index (χ4n) is 1.34. The van der Waals surface area contributed by atoms with Crippen LogP contribution in [0.25, 0.3) is 0 Å². The van der Waals surface area contributed by atoms with E-state index in [9.17, 15) is 9.59 Å². The molecule has 0 heterocycles. The Labute approximate surface area is 117 Å². The SMILES string of the molecule is CC(C)C(=O)Nc1ccc(Cl)c(C(=O)NCCN)c1. The summed E-state index contributed by atoms with van der Waals surface area (Å²) in [6.07, 6.45) is 0. The summed E-state index contributed by atoms with van der Waals surface area (Å²) in [5.41, 5.74) is 6.18. The number of hydrogen-bond acceptors (Lipinski definition) is 3. The van der Waals surface area contributed by atoms with Gasteiger partial charge < -0.3 is 16.4 Å². The van der Waals surface area contributed by atoms with Crippen molar-refractivity contribution in [2.45, 2.75) is 13.8 Å². The Kier molecular flexibility index (Phi) is 5.79. The quantitative estimate of drug-likeness (QED) is 0.768. The number of nitrogens with two attached hydrogens (primary N) is 1. The highest BCUT2D eigenvalue weighted by molar-refractivity contribution is 6.34. The Morgan fingerprint density at radius 2 is 2.05 bits per heavy atom. The number of anilines is 1. The van der Waals surface area contributed by atoms with Crippen molar-refractivity contribution in [1.82, 2.24) is 5.32 Å². The Morgan fingerprint density at radius 1 is 1.37 bits per heavy atom. The van der Waals surface area contributed by atoms with Crippen LogP contribution < -0.4 is 16.4 Å². The molecule has 0 fully saturated rings. The van der Waals surface area contributed by atoms with Crippen LogP contribution in [0.3, 0.4) is 0 Å². The van der Waals surface area contributed by atoms with Gasteiger partial charge in [-0.2, -0.15) is 0 Å². The number of benzene rings is 1. The summed E-state index contributed by atoms with van der Waals surface area (Å²) in [6, 6.07) is 4.78. The van der Waals surface area contributed by atoms with Gasteiger partial charge >= 0.3 is 0 Å². The van der Waals surface area contributed by atoms with E-state index < -0.39 is 0 Å². The van der Waals surface area contributed by atoms with Crippen LogP contribution in [0.4, 0.5) is 5.69 Å². The standard InChI is InChI=1S/C13H18ClN3O2/c1-8(2)12(18)17-9-3-4-11(14)10(7-9)13(19)16-6-5-15/h3-4,7-8H,5-6,15H2,1-2H3,(H,16,19)(H,17,18). The van der Waals surface area contributed by atoms with Crippen molar-refractivity contribution < 1.29 is 9.59 Å². The van der Waals surface area contributed by atoms with Crippen molar-refractivity contribution in [2.75, 3.05) is 18.4 Å². The molecule has 0 spiro atoms. The first-order chi connectivity index (χ1) is 8.95. The van der Waals surface area contributed by atoms with E-state index in [1.807, 2.05) is 0 Å². The van der Waals surface area contributed by atoms with E-state index in [1.54, 1.807) is 32.0 Å². The second-order valence-corrected chi connectivity index (χ2v) is 4.79. The predicted molar refractivity (Wildman–Crippen MR) is 76.3 cm³/mol. The molecule has 0 aromatic heterocycles. The van der Waals surface area contributed by atoms with Gasteiger partial charge in [-0.15, -0.1) is 0 Å². The molecule has 0 saturated heterocycles. The summed E-state index contributed by atoms with van der Waals surface area (Å²) in [6.45, 7) is 4.31. The molecule has 1 rings (SSSR count). The smallest absolute Gasteiger partial charge is 0.252 e. The molecule has 0 aliphatic carbocycles. The van der Waals surface area contributed by atoms with Crippen LogP contribution in [0.15, 0.2) is 18.2 Å². The highest BCUT2D eigenvalue weighted by atomic mass is 35.5. The third kappa shape index (κ3) is 4.54. The molecule has 4 N–H and O–H groups in total. The van der Waals surface area contributed by atoms with Gasteiger partial charge in [0, 0.05) is 24.7 Å². The average Bonchev–Trinajstić information content (AvgIpc) is 2.37. The van der Waals surface area contributed by atoms with E-state index in [2.05, 4.69) is 10.6 Å². The van der Waals surface area contributed by atoms with Crippen LogP contribution in [0.5, 0.6) is 0 Å². The van der Waals surface area contributed by atoms with E-state index in [0.29, 0.717) is 29.4 Å². The van der Waals surface area contributed by atoms with E-state index in [-0.39, 0.29) is 17.7 Å². The molecule has 0 saturated carbocycles.